The van der Waals surface area contributed by atoms with Crippen LogP contribution < -0.4 is 9.21 Å². The average molecular weight is 454 g/mol. The molecule has 9 heteroatoms. The van der Waals surface area contributed by atoms with Crippen molar-refractivity contribution in [3.05, 3.63) is 24.0 Å². The number of hydrogen-bond donors (Lipinski definition) is 1. The van der Waals surface area contributed by atoms with Gasteiger partial charge in [-0.2, -0.15) is 0 Å². The number of sulfonamides is 1. The minimum atomic E-state index is -3.47. The van der Waals surface area contributed by atoms with E-state index in [9.17, 15) is 22.7 Å². The first-order chi connectivity index (χ1) is 14.6. The van der Waals surface area contributed by atoms with Crippen molar-refractivity contribution in [2.75, 3.05) is 42.1 Å². The molecule has 0 unspecified atom stereocenters. The zero-order valence-corrected chi connectivity index (χ0v) is 19.1. The van der Waals surface area contributed by atoms with Gasteiger partial charge in [-0.1, -0.05) is 0 Å². The summed E-state index contributed by atoms with van der Waals surface area (Å²) >= 11 is 0. The van der Waals surface area contributed by atoms with Gasteiger partial charge in [0.15, 0.2) is 0 Å². The highest BCUT2D eigenvalue weighted by molar-refractivity contribution is 7.92. The highest BCUT2D eigenvalue weighted by Gasteiger charge is 2.50. The van der Waals surface area contributed by atoms with Gasteiger partial charge in [0.2, 0.25) is 15.9 Å². The fraction of sp³-hybridized carbons (Fsp3) is 0.682. The molecule has 1 aromatic rings. The van der Waals surface area contributed by atoms with Crippen LogP contribution in [0.2, 0.25) is 0 Å². The van der Waals surface area contributed by atoms with E-state index < -0.39 is 21.3 Å². The van der Waals surface area contributed by atoms with Crippen LogP contribution in [0.4, 0.5) is 15.8 Å². The van der Waals surface area contributed by atoms with Crippen molar-refractivity contribution in [2.45, 2.75) is 57.1 Å². The van der Waals surface area contributed by atoms with E-state index in [0.29, 0.717) is 18.8 Å². The average Bonchev–Trinajstić information content (AvgIpc) is 3.03. The van der Waals surface area contributed by atoms with E-state index in [1.165, 1.54) is 13.1 Å². The highest BCUT2D eigenvalue weighted by atomic mass is 32.2. The Bertz CT molecular complexity index is 948. The predicted molar refractivity (Wildman–Crippen MR) is 118 cm³/mol. The Morgan fingerprint density at radius 2 is 1.87 bits per heavy atom. The van der Waals surface area contributed by atoms with Crippen molar-refractivity contribution >= 4 is 27.3 Å². The molecule has 0 aromatic heterocycles. The third-order valence-electron chi connectivity index (χ3n) is 7.36. The maximum Gasteiger partial charge on any atom is 0.231 e. The molecule has 31 heavy (non-hydrogen) atoms. The van der Waals surface area contributed by atoms with Crippen molar-refractivity contribution in [1.29, 1.82) is 0 Å². The van der Waals surface area contributed by atoms with Crippen LogP contribution in [0.25, 0.3) is 0 Å². The lowest BCUT2D eigenvalue weighted by Crippen LogP contribution is -2.50. The number of hydrogen-bond acceptors (Lipinski definition) is 5. The number of carbonyl (C=O) groups is 1. The molecule has 2 saturated heterocycles. The van der Waals surface area contributed by atoms with E-state index in [2.05, 4.69) is 0 Å². The van der Waals surface area contributed by atoms with Crippen LogP contribution >= 0.6 is 0 Å². The summed E-state index contributed by atoms with van der Waals surface area (Å²) in [6.07, 6.45) is 6.40. The Morgan fingerprint density at radius 3 is 2.52 bits per heavy atom. The van der Waals surface area contributed by atoms with E-state index in [1.54, 1.807) is 12.1 Å². The summed E-state index contributed by atoms with van der Waals surface area (Å²) in [5, 5.41) is 9.78. The smallest absolute Gasteiger partial charge is 0.231 e. The normalized spacial score (nSPS) is 29.6. The van der Waals surface area contributed by atoms with Crippen LogP contribution in [-0.4, -0.2) is 69.4 Å². The lowest BCUT2D eigenvalue weighted by atomic mass is 9.78. The molecule has 3 aliphatic rings. The number of piperidine rings is 1. The summed E-state index contributed by atoms with van der Waals surface area (Å²) in [6.45, 7) is 1.88. The molecule has 0 bridgehead atoms. The fourth-order valence-electron chi connectivity index (χ4n) is 5.42. The number of benzene rings is 1. The Hall–Kier alpha value is -1.87. The summed E-state index contributed by atoms with van der Waals surface area (Å²) in [7, 11) is -2.07. The molecule has 1 aromatic carbocycles. The molecule has 1 spiro atoms. The number of amides is 1. The number of halogens is 1. The minimum Gasteiger partial charge on any atom is -0.393 e. The van der Waals surface area contributed by atoms with Crippen LogP contribution in [0, 0.1) is 11.2 Å². The number of aliphatic hydroxyl groups is 1. The van der Waals surface area contributed by atoms with Crippen LogP contribution in [0.1, 0.15) is 44.9 Å². The van der Waals surface area contributed by atoms with Crippen molar-refractivity contribution in [3.8, 4) is 0 Å². The van der Waals surface area contributed by atoms with E-state index >= 15 is 0 Å². The quantitative estimate of drug-likeness (QED) is 0.757. The van der Waals surface area contributed by atoms with Gasteiger partial charge in [0, 0.05) is 38.8 Å². The molecular formula is C22H32FN3O4S. The van der Waals surface area contributed by atoms with E-state index in [4.69, 9.17) is 0 Å². The van der Waals surface area contributed by atoms with Gasteiger partial charge in [-0.15, -0.1) is 0 Å². The first-order valence-electron chi connectivity index (χ1n) is 11.1. The number of anilines is 2. The van der Waals surface area contributed by atoms with Crippen molar-refractivity contribution in [1.82, 2.24) is 4.90 Å². The third-order valence-corrected chi connectivity index (χ3v) is 8.57. The zero-order valence-electron chi connectivity index (χ0n) is 18.3. The first-order valence-corrected chi connectivity index (χ1v) is 12.9. The van der Waals surface area contributed by atoms with Gasteiger partial charge in [0.1, 0.15) is 5.82 Å². The Balaban J connectivity index is 1.51. The molecule has 2 aliphatic heterocycles. The molecule has 172 valence electrons. The lowest BCUT2D eigenvalue weighted by molar-refractivity contribution is -0.139. The molecule has 1 saturated carbocycles. The topological polar surface area (TPSA) is 81.2 Å². The monoisotopic (exact) mass is 453 g/mol. The first kappa shape index (κ1) is 22.3. The van der Waals surface area contributed by atoms with Gasteiger partial charge in [0.25, 0.3) is 0 Å². The van der Waals surface area contributed by atoms with Gasteiger partial charge >= 0.3 is 0 Å². The van der Waals surface area contributed by atoms with Gasteiger partial charge < -0.3 is 14.9 Å². The van der Waals surface area contributed by atoms with Crippen molar-refractivity contribution in [3.63, 3.8) is 0 Å². The largest absolute Gasteiger partial charge is 0.393 e. The van der Waals surface area contributed by atoms with Gasteiger partial charge in [-0.05, 0) is 57.1 Å². The molecule has 1 N–H and O–H groups in total. The second-order valence-electron chi connectivity index (χ2n) is 9.38. The van der Waals surface area contributed by atoms with E-state index in [1.807, 2.05) is 9.80 Å². The summed E-state index contributed by atoms with van der Waals surface area (Å²) in [5.74, 6) is -0.305. The SMILES string of the molecule is CN(c1ccc(N2CCC[C@]3(CCN(C4CCC(O)CC4)C3=O)C2)c(F)c1)S(C)(=O)=O. The summed E-state index contributed by atoms with van der Waals surface area (Å²) in [5.41, 5.74) is 0.207. The standard InChI is InChI=1S/C22H32FN3O4S/c1-24(31(2,29)30)17-6-9-20(19(23)14-17)25-12-3-10-22(15-25)11-13-26(21(22)28)16-4-7-18(27)8-5-16/h6,9,14,16,18,27H,3-5,7-8,10-13,15H2,1-2H3/t16?,18?,22-/m0/s1. The fourth-order valence-corrected chi connectivity index (χ4v) is 5.92. The van der Waals surface area contributed by atoms with Crippen LogP contribution in [0.5, 0.6) is 0 Å². The van der Waals surface area contributed by atoms with Crippen LogP contribution in [0.15, 0.2) is 18.2 Å². The second kappa shape index (κ2) is 8.24. The van der Waals surface area contributed by atoms with Crippen LogP contribution in [0.3, 0.4) is 0 Å². The maximum absolute atomic E-state index is 15.0. The van der Waals surface area contributed by atoms with E-state index in [-0.39, 0.29) is 23.7 Å². The Kier molecular flexibility index (Phi) is 5.93. The number of likely N-dealkylation sites (tertiary alicyclic amines) is 1. The van der Waals surface area contributed by atoms with Gasteiger partial charge in [-0.25, -0.2) is 12.8 Å². The van der Waals surface area contributed by atoms with Gasteiger partial charge in [-0.3, -0.25) is 9.10 Å². The zero-order chi connectivity index (χ0) is 22.4. The lowest BCUT2D eigenvalue weighted by Gasteiger charge is -2.41. The molecule has 1 amide bonds. The Labute approximate surface area is 183 Å². The molecule has 4 rings (SSSR count). The number of carbonyl (C=O) groups excluding carboxylic acids is 1. The number of nitrogens with zero attached hydrogens (tertiary/aromatic N) is 3. The number of aliphatic hydroxyl groups excluding tert-OH is 1. The molecular weight excluding hydrogens is 421 g/mol. The van der Waals surface area contributed by atoms with Gasteiger partial charge in [0.05, 0.1) is 29.1 Å². The van der Waals surface area contributed by atoms with E-state index in [0.717, 1.165) is 62.1 Å². The molecule has 0 radical (unpaired) electrons. The van der Waals surface area contributed by atoms with Crippen molar-refractivity contribution < 1.29 is 22.7 Å². The maximum atomic E-state index is 15.0. The summed E-state index contributed by atoms with van der Waals surface area (Å²) < 4.78 is 39.5. The molecule has 7 nitrogen and oxygen atoms in total. The second-order valence-corrected chi connectivity index (χ2v) is 11.4. The molecule has 1 atom stereocenters. The third kappa shape index (κ3) is 4.26. The molecule has 2 heterocycles. The predicted octanol–water partition coefficient (Wildman–Crippen LogP) is 2.34. The number of rotatable bonds is 4. The summed E-state index contributed by atoms with van der Waals surface area (Å²) in [6, 6.07) is 4.67. The molecule has 3 fully saturated rings. The highest BCUT2D eigenvalue weighted by Crippen LogP contribution is 2.44. The van der Waals surface area contributed by atoms with Crippen molar-refractivity contribution in [2.24, 2.45) is 5.41 Å². The van der Waals surface area contributed by atoms with Crippen LogP contribution in [-0.2, 0) is 14.8 Å². The molecule has 1 aliphatic carbocycles. The summed E-state index contributed by atoms with van der Waals surface area (Å²) in [4.78, 5) is 17.4. The Morgan fingerprint density at radius 1 is 1.16 bits per heavy atom. The minimum absolute atomic E-state index is 0.174.